The summed E-state index contributed by atoms with van der Waals surface area (Å²) >= 11 is 0. The van der Waals surface area contributed by atoms with E-state index in [0.717, 1.165) is 43.9 Å². The van der Waals surface area contributed by atoms with Gasteiger partial charge in [-0.25, -0.2) is 0 Å². The van der Waals surface area contributed by atoms with Gasteiger partial charge in [0.05, 0.1) is 0 Å². The fourth-order valence-corrected chi connectivity index (χ4v) is 2.29. The molecular formula is C15H24Cl2N2O. The summed E-state index contributed by atoms with van der Waals surface area (Å²) in [7, 11) is 2.15. The zero-order chi connectivity index (χ0) is 13.0. The number of Topliss-reactive ketones (excluding diaryl/α,β-unsaturated/α-hetero) is 1. The minimum Gasteiger partial charge on any atom is -0.304 e. The van der Waals surface area contributed by atoms with Gasteiger partial charge in [-0.05, 0) is 20.0 Å². The molecule has 0 N–H and O–H groups in total. The Labute approximate surface area is 134 Å². The van der Waals surface area contributed by atoms with Crippen molar-refractivity contribution in [2.24, 2.45) is 0 Å². The number of carbonyl (C=O) groups is 1. The maximum absolute atomic E-state index is 12.1. The fraction of sp³-hybridized carbons (Fsp3) is 0.533. The molecule has 0 radical (unpaired) electrons. The molecule has 0 spiro atoms. The lowest BCUT2D eigenvalue weighted by Gasteiger charge is -2.32. The fourth-order valence-electron chi connectivity index (χ4n) is 2.29. The number of aryl methyl sites for hydroxylation is 1. The van der Waals surface area contributed by atoms with Gasteiger partial charge in [-0.2, -0.15) is 0 Å². The highest BCUT2D eigenvalue weighted by atomic mass is 35.5. The number of piperazine rings is 1. The highest BCUT2D eigenvalue weighted by Crippen LogP contribution is 2.08. The highest BCUT2D eigenvalue weighted by Gasteiger charge is 2.15. The van der Waals surface area contributed by atoms with Crippen molar-refractivity contribution in [3.8, 4) is 0 Å². The molecule has 0 saturated carbocycles. The molecule has 1 aromatic rings. The first-order chi connectivity index (χ1) is 8.65. The molecule has 0 aliphatic carbocycles. The van der Waals surface area contributed by atoms with Gasteiger partial charge in [0.1, 0.15) is 0 Å². The summed E-state index contributed by atoms with van der Waals surface area (Å²) in [5.74, 6) is 0.262. The second-order valence-corrected chi connectivity index (χ2v) is 5.19. The second kappa shape index (κ2) is 9.35. The van der Waals surface area contributed by atoms with Crippen LogP contribution in [0.25, 0.3) is 0 Å². The summed E-state index contributed by atoms with van der Waals surface area (Å²) in [6.45, 7) is 7.30. The standard InChI is InChI=1S/C15H22N2O.2ClH/c1-13-4-3-5-14(12-13)15(18)6-7-17-10-8-16(2)9-11-17;;/h3-5,12H,6-11H2,1-2H3;2*1H. The number of nitrogens with zero attached hydrogens (tertiary/aromatic N) is 2. The van der Waals surface area contributed by atoms with Crippen molar-refractivity contribution in [1.29, 1.82) is 0 Å². The summed E-state index contributed by atoms with van der Waals surface area (Å²) in [6.07, 6.45) is 0.632. The SMILES string of the molecule is Cc1cccc(C(=O)CCN2CCN(C)CC2)c1.Cl.Cl. The van der Waals surface area contributed by atoms with Crippen LogP contribution >= 0.6 is 24.8 Å². The lowest BCUT2D eigenvalue weighted by atomic mass is 10.1. The molecule has 1 aliphatic rings. The molecule has 5 heteroatoms. The van der Waals surface area contributed by atoms with Crippen molar-refractivity contribution in [3.05, 3.63) is 35.4 Å². The van der Waals surface area contributed by atoms with Gasteiger partial charge in [0, 0.05) is 44.7 Å². The molecular weight excluding hydrogens is 295 g/mol. The molecule has 0 aromatic heterocycles. The zero-order valence-electron chi connectivity index (χ0n) is 12.2. The smallest absolute Gasteiger partial charge is 0.164 e. The van der Waals surface area contributed by atoms with Gasteiger partial charge in [-0.3, -0.25) is 4.79 Å². The number of hydrogen-bond acceptors (Lipinski definition) is 3. The number of hydrogen-bond donors (Lipinski definition) is 0. The van der Waals surface area contributed by atoms with Crippen molar-refractivity contribution in [2.75, 3.05) is 39.8 Å². The van der Waals surface area contributed by atoms with Gasteiger partial charge in [0.25, 0.3) is 0 Å². The number of benzene rings is 1. The molecule has 1 heterocycles. The first-order valence-corrected chi connectivity index (χ1v) is 6.66. The third-order valence-corrected chi connectivity index (χ3v) is 3.59. The van der Waals surface area contributed by atoms with Gasteiger partial charge in [0.2, 0.25) is 0 Å². The number of halogens is 2. The van der Waals surface area contributed by atoms with E-state index in [1.165, 1.54) is 0 Å². The van der Waals surface area contributed by atoms with Gasteiger partial charge >= 0.3 is 0 Å². The molecule has 0 unspecified atom stereocenters. The Morgan fingerprint density at radius 3 is 2.40 bits per heavy atom. The summed E-state index contributed by atoms with van der Waals surface area (Å²) in [4.78, 5) is 16.8. The van der Waals surface area contributed by atoms with Gasteiger partial charge in [0.15, 0.2) is 5.78 Å². The van der Waals surface area contributed by atoms with Gasteiger partial charge in [-0.1, -0.05) is 23.8 Å². The van der Waals surface area contributed by atoms with Crippen molar-refractivity contribution in [2.45, 2.75) is 13.3 Å². The summed E-state index contributed by atoms with van der Waals surface area (Å²) < 4.78 is 0. The van der Waals surface area contributed by atoms with Crippen LogP contribution in [0, 0.1) is 6.92 Å². The van der Waals surface area contributed by atoms with Crippen LogP contribution in [-0.4, -0.2) is 55.4 Å². The molecule has 0 atom stereocenters. The first kappa shape index (κ1) is 19.4. The van der Waals surface area contributed by atoms with E-state index in [2.05, 4.69) is 16.8 Å². The molecule has 114 valence electrons. The molecule has 0 bridgehead atoms. The van der Waals surface area contributed by atoms with Gasteiger partial charge < -0.3 is 9.80 Å². The van der Waals surface area contributed by atoms with E-state index in [1.54, 1.807) is 0 Å². The quantitative estimate of drug-likeness (QED) is 0.797. The minimum atomic E-state index is 0. The van der Waals surface area contributed by atoms with Crippen molar-refractivity contribution >= 4 is 30.6 Å². The topological polar surface area (TPSA) is 23.6 Å². The second-order valence-electron chi connectivity index (χ2n) is 5.19. The first-order valence-electron chi connectivity index (χ1n) is 6.66. The lowest BCUT2D eigenvalue weighted by molar-refractivity contribution is 0.0942. The molecule has 1 aromatic carbocycles. The number of likely N-dealkylation sites (N-methyl/N-ethyl adjacent to an activating group) is 1. The van der Waals surface area contributed by atoms with Crippen LogP contribution in [0.2, 0.25) is 0 Å². The minimum absolute atomic E-state index is 0. The van der Waals surface area contributed by atoms with Crippen LogP contribution in [0.4, 0.5) is 0 Å². The predicted octanol–water partition coefficient (Wildman–Crippen LogP) is 2.66. The van der Waals surface area contributed by atoms with E-state index in [4.69, 9.17) is 0 Å². The largest absolute Gasteiger partial charge is 0.304 e. The Balaban J connectivity index is 0.00000180. The Bertz CT molecular complexity index is 418. The molecule has 2 rings (SSSR count). The van der Waals surface area contributed by atoms with Crippen LogP contribution in [0.3, 0.4) is 0 Å². The molecule has 1 fully saturated rings. The number of ketones is 1. The summed E-state index contributed by atoms with van der Waals surface area (Å²) in [6, 6.07) is 7.88. The van der Waals surface area contributed by atoms with Crippen LogP contribution in [0.1, 0.15) is 22.3 Å². The van der Waals surface area contributed by atoms with Crippen molar-refractivity contribution < 1.29 is 4.79 Å². The van der Waals surface area contributed by atoms with E-state index in [0.29, 0.717) is 6.42 Å². The zero-order valence-corrected chi connectivity index (χ0v) is 13.8. The van der Waals surface area contributed by atoms with E-state index in [9.17, 15) is 4.79 Å². The number of rotatable bonds is 4. The van der Waals surface area contributed by atoms with Crippen LogP contribution in [-0.2, 0) is 0 Å². The summed E-state index contributed by atoms with van der Waals surface area (Å²) in [5, 5.41) is 0. The third kappa shape index (κ3) is 5.80. The van der Waals surface area contributed by atoms with E-state index in [1.807, 2.05) is 31.2 Å². The van der Waals surface area contributed by atoms with Crippen LogP contribution < -0.4 is 0 Å². The maximum atomic E-state index is 12.1. The van der Waals surface area contributed by atoms with Crippen LogP contribution in [0.5, 0.6) is 0 Å². The molecule has 3 nitrogen and oxygen atoms in total. The Hall–Kier alpha value is -0.610. The van der Waals surface area contributed by atoms with E-state index in [-0.39, 0.29) is 30.6 Å². The monoisotopic (exact) mass is 318 g/mol. The Kier molecular flexibility index (Phi) is 9.06. The van der Waals surface area contributed by atoms with Crippen molar-refractivity contribution in [1.82, 2.24) is 9.80 Å². The predicted molar refractivity (Wildman–Crippen MR) is 88.6 cm³/mol. The average molecular weight is 319 g/mol. The Morgan fingerprint density at radius 1 is 1.15 bits per heavy atom. The third-order valence-electron chi connectivity index (χ3n) is 3.59. The summed E-state index contributed by atoms with van der Waals surface area (Å²) in [5.41, 5.74) is 2.00. The maximum Gasteiger partial charge on any atom is 0.164 e. The highest BCUT2D eigenvalue weighted by molar-refractivity contribution is 5.96. The lowest BCUT2D eigenvalue weighted by Crippen LogP contribution is -2.45. The average Bonchev–Trinajstić information content (AvgIpc) is 2.38. The van der Waals surface area contributed by atoms with Crippen LogP contribution in [0.15, 0.2) is 24.3 Å². The molecule has 1 aliphatic heterocycles. The molecule has 20 heavy (non-hydrogen) atoms. The molecule has 0 amide bonds. The number of carbonyl (C=O) groups excluding carboxylic acids is 1. The Morgan fingerprint density at radius 2 is 1.80 bits per heavy atom. The normalized spacial score (nSPS) is 16.1. The van der Waals surface area contributed by atoms with Gasteiger partial charge in [-0.15, -0.1) is 24.8 Å². The molecule has 1 saturated heterocycles. The van der Waals surface area contributed by atoms with E-state index < -0.39 is 0 Å². The van der Waals surface area contributed by atoms with E-state index >= 15 is 0 Å². The van der Waals surface area contributed by atoms with Crippen molar-refractivity contribution in [3.63, 3.8) is 0 Å².